The number of hydrogen-bond acceptors (Lipinski definition) is 3. The van der Waals surface area contributed by atoms with Crippen LogP contribution in [0.4, 0.5) is 0 Å². The highest BCUT2D eigenvalue weighted by atomic mass is 79.9. The molecule has 1 aromatic carbocycles. The third kappa shape index (κ3) is 3.86. The highest BCUT2D eigenvalue weighted by Crippen LogP contribution is 2.33. The molecule has 0 atom stereocenters. The fourth-order valence-electron chi connectivity index (χ4n) is 1.88. The molecule has 1 aromatic rings. The number of benzene rings is 1. The Labute approximate surface area is 122 Å². The van der Waals surface area contributed by atoms with Crippen LogP contribution in [-0.4, -0.2) is 38.1 Å². The minimum Gasteiger partial charge on any atom is -0.493 e. The van der Waals surface area contributed by atoms with E-state index in [0.717, 1.165) is 23.1 Å². The summed E-state index contributed by atoms with van der Waals surface area (Å²) in [6.45, 7) is 5.40. The molecule has 0 aliphatic rings. The van der Waals surface area contributed by atoms with Crippen molar-refractivity contribution in [1.29, 1.82) is 0 Å². The number of carbonyl (C=O) groups excluding carboxylic acids is 1. The standard InChI is InChI=1S/C14H20BrNO3/c1-5-16(6-2)14(17)8-10-7-12(18-3)13(19-4)9-11(10)15/h7,9H,5-6,8H2,1-4H3. The Morgan fingerprint density at radius 2 is 1.68 bits per heavy atom. The molecule has 19 heavy (non-hydrogen) atoms. The van der Waals surface area contributed by atoms with Crippen molar-refractivity contribution in [3.05, 3.63) is 22.2 Å². The average molecular weight is 330 g/mol. The first kappa shape index (κ1) is 15.8. The van der Waals surface area contributed by atoms with E-state index >= 15 is 0 Å². The Balaban J connectivity index is 2.98. The van der Waals surface area contributed by atoms with E-state index < -0.39 is 0 Å². The normalized spacial score (nSPS) is 10.2. The van der Waals surface area contributed by atoms with E-state index in [-0.39, 0.29) is 5.91 Å². The predicted molar refractivity (Wildman–Crippen MR) is 78.9 cm³/mol. The molecule has 0 unspecified atom stereocenters. The molecule has 0 radical (unpaired) electrons. The van der Waals surface area contributed by atoms with Crippen molar-refractivity contribution in [2.24, 2.45) is 0 Å². The molecule has 0 aliphatic carbocycles. The van der Waals surface area contributed by atoms with Crippen molar-refractivity contribution in [2.45, 2.75) is 20.3 Å². The van der Waals surface area contributed by atoms with Gasteiger partial charge >= 0.3 is 0 Å². The van der Waals surface area contributed by atoms with E-state index in [9.17, 15) is 4.79 Å². The molecule has 0 aliphatic heterocycles. The summed E-state index contributed by atoms with van der Waals surface area (Å²) in [5.74, 6) is 1.39. The van der Waals surface area contributed by atoms with Gasteiger partial charge in [-0.05, 0) is 31.5 Å². The smallest absolute Gasteiger partial charge is 0.227 e. The number of carbonyl (C=O) groups is 1. The lowest BCUT2D eigenvalue weighted by molar-refractivity contribution is -0.130. The van der Waals surface area contributed by atoms with E-state index in [1.54, 1.807) is 14.2 Å². The van der Waals surface area contributed by atoms with Crippen molar-refractivity contribution in [3.8, 4) is 11.5 Å². The summed E-state index contributed by atoms with van der Waals surface area (Å²) in [5.41, 5.74) is 0.898. The number of amides is 1. The molecule has 5 heteroatoms. The van der Waals surface area contributed by atoms with E-state index in [2.05, 4.69) is 15.9 Å². The van der Waals surface area contributed by atoms with Gasteiger partial charge in [-0.25, -0.2) is 0 Å². The van der Waals surface area contributed by atoms with Gasteiger partial charge in [0.25, 0.3) is 0 Å². The number of halogens is 1. The van der Waals surface area contributed by atoms with E-state index in [1.165, 1.54) is 0 Å². The summed E-state index contributed by atoms with van der Waals surface area (Å²) in [4.78, 5) is 13.9. The van der Waals surface area contributed by atoms with Crippen LogP contribution >= 0.6 is 15.9 Å². The van der Waals surface area contributed by atoms with Crippen molar-refractivity contribution in [2.75, 3.05) is 27.3 Å². The maximum atomic E-state index is 12.1. The maximum absolute atomic E-state index is 12.1. The molecule has 106 valence electrons. The van der Waals surface area contributed by atoms with Gasteiger partial charge in [-0.15, -0.1) is 0 Å². The average Bonchev–Trinajstić information content (AvgIpc) is 2.41. The van der Waals surface area contributed by atoms with Gasteiger partial charge in [0.15, 0.2) is 11.5 Å². The molecular weight excluding hydrogens is 310 g/mol. The summed E-state index contributed by atoms with van der Waals surface area (Å²) in [5, 5.41) is 0. The molecule has 0 bridgehead atoms. The zero-order valence-electron chi connectivity index (χ0n) is 11.8. The van der Waals surface area contributed by atoms with Crippen LogP contribution in [0.3, 0.4) is 0 Å². The quantitative estimate of drug-likeness (QED) is 0.805. The van der Waals surface area contributed by atoms with Crippen LogP contribution in [0.5, 0.6) is 11.5 Å². The Morgan fingerprint density at radius 1 is 1.16 bits per heavy atom. The number of hydrogen-bond donors (Lipinski definition) is 0. The molecule has 0 saturated carbocycles. The Bertz CT molecular complexity index is 445. The zero-order chi connectivity index (χ0) is 14.4. The Kier molecular flexibility index (Phi) is 6.15. The van der Waals surface area contributed by atoms with Gasteiger partial charge < -0.3 is 14.4 Å². The van der Waals surface area contributed by atoms with Crippen LogP contribution in [0.1, 0.15) is 19.4 Å². The van der Waals surface area contributed by atoms with Crippen LogP contribution in [0, 0.1) is 0 Å². The Hall–Kier alpha value is -1.23. The van der Waals surface area contributed by atoms with Gasteiger partial charge in [-0.1, -0.05) is 15.9 Å². The number of ether oxygens (including phenoxy) is 2. The molecule has 0 N–H and O–H groups in total. The van der Waals surface area contributed by atoms with Crippen LogP contribution in [0.25, 0.3) is 0 Å². The molecular formula is C14H20BrNO3. The summed E-state index contributed by atoms with van der Waals surface area (Å²) in [6.07, 6.45) is 0.350. The monoisotopic (exact) mass is 329 g/mol. The summed E-state index contributed by atoms with van der Waals surface area (Å²) in [7, 11) is 3.17. The number of rotatable bonds is 6. The van der Waals surface area contributed by atoms with E-state index in [1.807, 2.05) is 30.9 Å². The third-order valence-corrected chi connectivity index (χ3v) is 3.75. The fourth-order valence-corrected chi connectivity index (χ4v) is 2.35. The Morgan fingerprint density at radius 3 is 2.16 bits per heavy atom. The van der Waals surface area contributed by atoms with E-state index in [4.69, 9.17) is 9.47 Å². The molecule has 0 aromatic heterocycles. The number of nitrogens with zero attached hydrogens (tertiary/aromatic N) is 1. The van der Waals surface area contributed by atoms with E-state index in [0.29, 0.717) is 17.9 Å². The highest BCUT2D eigenvalue weighted by Gasteiger charge is 2.15. The molecule has 0 fully saturated rings. The third-order valence-electron chi connectivity index (χ3n) is 3.01. The van der Waals surface area contributed by atoms with Gasteiger partial charge in [-0.3, -0.25) is 4.79 Å². The molecule has 0 saturated heterocycles. The van der Waals surface area contributed by atoms with Gasteiger partial charge in [0.2, 0.25) is 5.91 Å². The van der Waals surface area contributed by atoms with Crippen molar-refractivity contribution in [3.63, 3.8) is 0 Å². The minimum atomic E-state index is 0.109. The molecule has 0 heterocycles. The van der Waals surface area contributed by atoms with Crippen LogP contribution < -0.4 is 9.47 Å². The summed E-state index contributed by atoms with van der Waals surface area (Å²) in [6, 6.07) is 3.66. The SMILES string of the molecule is CCN(CC)C(=O)Cc1cc(OC)c(OC)cc1Br. The minimum absolute atomic E-state index is 0.109. The summed E-state index contributed by atoms with van der Waals surface area (Å²) < 4.78 is 11.3. The lowest BCUT2D eigenvalue weighted by Gasteiger charge is -2.19. The van der Waals surface area contributed by atoms with Gasteiger partial charge in [0.1, 0.15) is 0 Å². The first-order valence-electron chi connectivity index (χ1n) is 6.25. The first-order valence-corrected chi connectivity index (χ1v) is 7.04. The molecule has 1 rings (SSSR count). The fraction of sp³-hybridized carbons (Fsp3) is 0.500. The second-order valence-electron chi connectivity index (χ2n) is 4.04. The second kappa shape index (κ2) is 7.38. The maximum Gasteiger partial charge on any atom is 0.227 e. The molecule has 0 spiro atoms. The van der Waals surface area contributed by atoms with Gasteiger partial charge in [0.05, 0.1) is 20.6 Å². The highest BCUT2D eigenvalue weighted by molar-refractivity contribution is 9.10. The lowest BCUT2D eigenvalue weighted by Crippen LogP contribution is -2.31. The van der Waals surface area contributed by atoms with Crippen LogP contribution in [0.15, 0.2) is 16.6 Å². The first-order chi connectivity index (χ1) is 9.07. The molecule has 4 nitrogen and oxygen atoms in total. The number of methoxy groups -OCH3 is 2. The van der Waals surface area contributed by atoms with Gasteiger partial charge in [0, 0.05) is 17.6 Å². The topological polar surface area (TPSA) is 38.8 Å². The van der Waals surface area contributed by atoms with Crippen molar-refractivity contribution >= 4 is 21.8 Å². The van der Waals surface area contributed by atoms with Gasteiger partial charge in [-0.2, -0.15) is 0 Å². The van der Waals surface area contributed by atoms with Crippen molar-refractivity contribution in [1.82, 2.24) is 4.90 Å². The predicted octanol–water partition coefficient (Wildman–Crippen LogP) is 2.88. The van der Waals surface area contributed by atoms with Crippen LogP contribution in [-0.2, 0) is 11.2 Å². The molecule has 1 amide bonds. The van der Waals surface area contributed by atoms with Crippen molar-refractivity contribution < 1.29 is 14.3 Å². The number of likely N-dealkylation sites (N-methyl/N-ethyl adjacent to an activating group) is 1. The zero-order valence-corrected chi connectivity index (χ0v) is 13.4. The second-order valence-corrected chi connectivity index (χ2v) is 4.90. The summed E-state index contributed by atoms with van der Waals surface area (Å²) >= 11 is 3.47. The lowest BCUT2D eigenvalue weighted by atomic mass is 10.1. The largest absolute Gasteiger partial charge is 0.493 e. The van der Waals surface area contributed by atoms with Crippen LogP contribution in [0.2, 0.25) is 0 Å².